The second-order valence-corrected chi connectivity index (χ2v) is 11.9. The van der Waals surface area contributed by atoms with E-state index in [9.17, 15) is 17.6 Å². The first-order valence-corrected chi connectivity index (χ1v) is 12.7. The maximum Gasteiger partial charge on any atom is 0.236 e. The standard InChI is InChI=1S/C24H27ClFNO4S/c1-4-27-20-8-7-16(11-21(20)31-15-23(2,3)22(27)28)24(9-5-6-10-24)32(29,30)19-13-17(25)12-18(26)14-19/h7-8,11-14H,4-6,9-10,15H2,1-3H3. The summed E-state index contributed by atoms with van der Waals surface area (Å²) in [6.07, 6.45) is 2.33. The molecule has 0 bridgehead atoms. The lowest BCUT2D eigenvalue weighted by Crippen LogP contribution is -2.42. The molecule has 0 unspecified atom stereocenters. The summed E-state index contributed by atoms with van der Waals surface area (Å²) >= 11 is 5.98. The molecule has 4 rings (SSSR count). The average Bonchev–Trinajstić information content (AvgIpc) is 3.21. The van der Waals surface area contributed by atoms with Crippen LogP contribution >= 0.6 is 11.6 Å². The van der Waals surface area contributed by atoms with E-state index in [1.165, 1.54) is 6.07 Å². The van der Waals surface area contributed by atoms with Crippen molar-refractivity contribution in [1.82, 2.24) is 0 Å². The minimum Gasteiger partial charge on any atom is -0.490 e. The Kier molecular flexibility index (Phi) is 5.78. The molecule has 2 aromatic carbocycles. The van der Waals surface area contributed by atoms with E-state index in [0.717, 1.165) is 25.0 Å². The van der Waals surface area contributed by atoms with Crippen LogP contribution in [0.2, 0.25) is 5.02 Å². The van der Waals surface area contributed by atoms with Crippen molar-refractivity contribution >= 4 is 33.0 Å². The largest absolute Gasteiger partial charge is 0.490 e. The van der Waals surface area contributed by atoms with Gasteiger partial charge in [-0.2, -0.15) is 0 Å². The van der Waals surface area contributed by atoms with Crippen molar-refractivity contribution in [3.05, 3.63) is 52.8 Å². The molecule has 1 heterocycles. The number of carbonyl (C=O) groups is 1. The van der Waals surface area contributed by atoms with Gasteiger partial charge in [-0.1, -0.05) is 30.5 Å². The smallest absolute Gasteiger partial charge is 0.236 e. The first-order valence-electron chi connectivity index (χ1n) is 10.8. The molecule has 32 heavy (non-hydrogen) atoms. The molecule has 0 spiro atoms. The molecule has 5 nitrogen and oxygen atoms in total. The van der Waals surface area contributed by atoms with Crippen LogP contribution in [0.15, 0.2) is 41.3 Å². The molecule has 2 aromatic rings. The van der Waals surface area contributed by atoms with E-state index < -0.39 is 25.8 Å². The number of ether oxygens (including phenoxy) is 1. The molecule has 8 heteroatoms. The molecule has 1 saturated carbocycles. The van der Waals surface area contributed by atoms with Crippen molar-refractivity contribution in [1.29, 1.82) is 0 Å². The van der Waals surface area contributed by atoms with Gasteiger partial charge in [-0.3, -0.25) is 4.79 Å². The minimum atomic E-state index is -3.95. The number of fused-ring (bicyclic) bond motifs is 1. The van der Waals surface area contributed by atoms with Crippen LogP contribution in [-0.4, -0.2) is 27.5 Å². The number of anilines is 1. The number of carbonyl (C=O) groups excluding carboxylic acids is 1. The second-order valence-electron chi connectivity index (χ2n) is 9.21. The van der Waals surface area contributed by atoms with Crippen molar-refractivity contribution in [2.24, 2.45) is 5.41 Å². The van der Waals surface area contributed by atoms with Crippen molar-refractivity contribution < 1.29 is 22.3 Å². The maximum absolute atomic E-state index is 14.0. The first kappa shape index (κ1) is 23.1. The first-order chi connectivity index (χ1) is 15.0. The Hall–Kier alpha value is -2.12. The van der Waals surface area contributed by atoms with Gasteiger partial charge in [0.05, 0.1) is 16.0 Å². The van der Waals surface area contributed by atoms with Gasteiger partial charge < -0.3 is 9.64 Å². The summed E-state index contributed by atoms with van der Waals surface area (Å²) in [5, 5.41) is 0.0429. The molecule has 0 N–H and O–H groups in total. The molecule has 0 radical (unpaired) electrons. The fourth-order valence-electron chi connectivity index (χ4n) is 4.81. The zero-order chi connectivity index (χ0) is 23.3. The quantitative estimate of drug-likeness (QED) is 0.581. The van der Waals surface area contributed by atoms with E-state index >= 15 is 0 Å². The number of hydrogen-bond acceptors (Lipinski definition) is 4. The number of nitrogens with zero attached hydrogens (tertiary/aromatic N) is 1. The summed E-state index contributed by atoms with van der Waals surface area (Å²) in [5.74, 6) is -0.236. The van der Waals surface area contributed by atoms with Gasteiger partial charge in [0.25, 0.3) is 0 Å². The third kappa shape index (κ3) is 3.59. The summed E-state index contributed by atoms with van der Waals surface area (Å²) in [6, 6.07) is 8.70. The van der Waals surface area contributed by atoms with Crippen LogP contribution < -0.4 is 9.64 Å². The summed E-state index contributed by atoms with van der Waals surface area (Å²) in [7, 11) is -3.95. The molecular weight excluding hydrogens is 453 g/mol. The lowest BCUT2D eigenvalue weighted by molar-refractivity contribution is -0.127. The highest BCUT2D eigenvalue weighted by Crippen LogP contribution is 2.50. The Morgan fingerprint density at radius 3 is 2.44 bits per heavy atom. The predicted molar refractivity (Wildman–Crippen MR) is 122 cm³/mol. The lowest BCUT2D eigenvalue weighted by Gasteiger charge is -2.31. The highest BCUT2D eigenvalue weighted by Gasteiger charge is 2.49. The number of sulfone groups is 1. The minimum absolute atomic E-state index is 0.0379. The van der Waals surface area contributed by atoms with Gasteiger partial charge in [-0.15, -0.1) is 0 Å². The highest BCUT2D eigenvalue weighted by atomic mass is 35.5. The van der Waals surface area contributed by atoms with Gasteiger partial charge in [0, 0.05) is 11.6 Å². The number of benzene rings is 2. The Labute approximate surface area is 193 Å². The highest BCUT2D eigenvalue weighted by molar-refractivity contribution is 7.92. The van der Waals surface area contributed by atoms with Gasteiger partial charge in [-0.05, 0) is 69.5 Å². The summed E-state index contributed by atoms with van der Waals surface area (Å²) < 4.78 is 46.5. The fourth-order valence-corrected chi connectivity index (χ4v) is 7.36. The summed E-state index contributed by atoms with van der Waals surface area (Å²) in [4.78, 5) is 14.5. The zero-order valence-electron chi connectivity index (χ0n) is 18.5. The zero-order valence-corrected chi connectivity index (χ0v) is 20.0. The number of hydrogen-bond donors (Lipinski definition) is 0. The maximum atomic E-state index is 14.0. The molecule has 1 aliphatic carbocycles. The van der Waals surface area contributed by atoms with Gasteiger partial charge in [0.1, 0.15) is 22.9 Å². The molecule has 1 fully saturated rings. The van der Waals surface area contributed by atoms with E-state index in [-0.39, 0.29) is 22.4 Å². The molecule has 172 valence electrons. The van der Waals surface area contributed by atoms with Crippen LogP contribution in [0.1, 0.15) is 52.0 Å². The third-order valence-electron chi connectivity index (χ3n) is 6.58. The Bertz CT molecular complexity index is 1150. The SMILES string of the molecule is CCN1C(=O)C(C)(C)COc2cc(C3(S(=O)(=O)c4cc(F)cc(Cl)c4)CCCC3)ccc21. The van der Waals surface area contributed by atoms with Crippen molar-refractivity contribution in [2.45, 2.75) is 56.1 Å². The van der Waals surface area contributed by atoms with E-state index in [2.05, 4.69) is 0 Å². The van der Waals surface area contributed by atoms with Gasteiger partial charge in [0.2, 0.25) is 5.91 Å². The van der Waals surface area contributed by atoms with Crippen molar-refractivity contribution in [2.75, 3.05) is 18.1 Å². The fraction of sp³-hybridized carbons (Fsp3) is 0.458. The Morgan fingerprint density at radius 1 is 1.12 bits per heavy atom. The van der Waals surface area contributed by atoms with Crippen LogP contribution in [0.25, 0.3) is 0 Å². The Morgan fingerprint density at radius 2 is 1.81 bits per heavy atom. The number of halogens is 2. The van der Waals surface area contributed by atoms with E-state index in [4.69, 9.17) is 16.3 Å². The van der Waals surface area contributed by atoms with E-state index in [1.807, 2.05) is 20.8 Å². The lowest BCUT2D eigenvalue weighted by atomic mass is 9.93. The van der Waals surface area contributed by atoms with Crippen LogP contribution in [0.4, 0.5) is 10.1 Å². The molecular formula is C24H27ClFNO4S. The van der Waals surface area contributed by atoms with Gasteiger partial charge in [0.15, 0.2) is 9.84 Å². The summed E-state index contributed by atoms with van der Waals surface area (Å²) in [6.45, 7) is 6.23. The third-order valence-corrected chi connectivity index (χ3v) is 9.32. The normalized spacial score (nSPS) is 19.9. The van der Waals surface area contributed by atoms with Crippen molar-refractivity contribution in [3.63, 3.8) is 0 Å². The van der Waals surface area contributed by atoms with Crippen LogP contribution in [0.5, 0.6) is 5.75 Å². The monoisotopic (exact) mass is 479 g/mol. The average molecular weight is 480 g/mol. The molecule has 0 aromatic heterocycles. The summed E-state index contributed by atoms with van der Waals surface area (Å²) in [5.41, 5.74) is 0.522. The van der Waals surface area contributed by atoms with Crippen LogP contribution in [-0.2, 0) is 19.4 Å². The predicted octanol–water partition coefficient (Wildman–Crippen LogP) is 5.49. The van der Waals surface area contributed by atoms with Crippen LogP contribution in [0, 0.1) is 11.2 Å². The molecule has 0 atom stereocenters. The van der Waals surface area contributed by atoms with Crippen molar-refractivity contribution in [3.8, 4) is 5.75 Å². The molecule has 2 aliphatic rings. The second kappa shape index (κ2) is 8.03. The topological polar surface area (TPSA) is 63.7 Å². The number of amides is 1. The van der Waals surface area contributed by atoms with Gasteiger partial charge in [-0.25, -0.2) is 12.8 Å². The number of rotatable bonds is 4. The molecule has 0 saturated heterocycles. The van der Waals surface area contributed by atoms with Gasteiger partial charge >= 0.3 is 0 Å². The van der Waals surface area contributed by atoms with Crippen LogP contribution in [0.3, 0.4) is 0 Å². The molecule has 1 aliphatic heterocycles. The molecule has 1 amide bonds. The van der Waals surface area contributed by atoms with E-state index in [1.54, 1.807) is 23.1 Å². The van der Waals surface area contributed by atoms with E-state index in [0.29, 0.717) is 36.4 Å². The Balaban J connectivity index is 1.86.